The number of benzene rings is 1. The van der Waals surface area contributed by atoms with Crippen molar-refractivity contribution >= 4 is 45.9 Å². The molecule has 0 saturated carbocycles. The van der Waals surface area contributed by atoms with E-state index in [1.54, 1.807) is 16.8 Å². The third kappa shape index (κ3) is 5.51. The average molecular weight is 499 g/mol. The van der Waals surface area contributed by atoms with E-state index in [1.165, 1.54) is 13.5 Å². The fraction of sp³-hybridized carbons (Fsp3) is 0.440. The number of pyridine rings is 1. The Kier molecular flexibility index (Phi) is 7.75. The van der Waals surface area contributed by atoms with Crippen molar-refractivity contribution in [2.75, 3.05) is 37.0 Å². The predicted octanol–water partition coefficient (Wildman–Crippen LogP) is 4.27. The van der Waals surface area contributed by atoms with Gasteiger partial charge in [-0.15, -0.1) is 0 Å². The molecule has 1 aliphatic heterocycles. The average Bonchev–Trinajstić information content (AvgIpc) is 2.88. The molecule has 9 nitrogen and oxygen atoms in total. The van der Waals surface area contributed by atoms with Crippen molar-refractivity contribution in [3.63, 3.8) is 0 Å². The Morgan fingerprint density at radius 1 is 1.23 bits per heavy atom. The highest BCUT2D eigenvalue weighted by molar-refractivity contribution is 6.32. The lowest BCUT2D eigenvalue weighted by molar-refractivity contribution is -0.122. The van der Waals surface area contributed by atoms with Gasteiger partial charge in [-0.3, -0.25) is 9.59 Å². The summed E-state index contributed by atoms with van der Waals surface area (Å²) >= 11 is 6.41. The van der Waals surface area contributed by atoms with E-state index in [9.17, 15) is 9.59 Å². The maximum absolute atomic E-state index is 13.1. The van der Waals surface area contributed by atoms with Crippen molar-refractivity contribution in [1.29, 1.82) is 0 Å². The molecule has 3 heterocycles. The molecule has 1 fully saturated rings. The van der Waals surface area contributed by atoms with E-state index in [2.05, 4.69) is 25.5 Å². The third-order valence-corrected chi connectivity index (χ3v) is 6.58. The molecular weight excluding hydrogens is 468 g/mol. The van der Waals surface area contributed by atoms with Crippen LogP contribution in [-0.2, 0) is 4.79 Å². The molecule has 0 radical (unpaired) electrons. The van der Waals surface area contributed by atoms with E-state index in [0.717, 1.165) is 48.9 Å². The Morgan fingerprint density at radius 2 is 2.00 bits per heavy atom. The molecular formula is C25H31ClN6O3. The second-order valence-electron chi connectivity index (χ2n) is 8.72. The number of amides is 1. The molecule has 0 spiro atoms. The summed E-state index contributed by atoms with van der Waals surface area (Å²) in [4.78, 5) is 36.1. The number of halogens is 1. The van der Waals surface area contributed by atoms with Crippen molar-refractivity contribution in [3.05, 3.63) is 45.8 Å². The summed E-state index contributed by atoms with van der Waals surface area (Å²) in [5.74, 6) is 1.00. The molecule has 1 saturated heterocycles. The van der Waals surface area contributed by atoms with Crippen molar-refractivity contribution in [2.24, 2.45) is 0 Å². The topological polar surface area (TPSA) is 101 Å². The van der Waals surface area contributed by atoms with Crippen molar-refractivity contribution < 1.29 is 9.53 Å². The Balaban J connectivity index is 1.70. The highest BCUT2D eigenvalue weighted by Crippen LogP contribution is 2.29. The number of anilines is 3. The van der Waals surface area contributed by atoms with Gasteiger partial charge in [-0.1, -0.05) is 18.5 Å². The molecule has 2 aromatic heterocycles. The lowest BCUT2D eigenvalue weighted by Gasteiger charge is -2.27. The minimum absolute atomic E-state index is 0.0456. The quantitative estimate of drug-likeness (QED) is 0.478. The molecule has 35 heavy (non-hydrogen) atoms. The van der Waals surface area contributed by atoms with E-state index in [-0.39, 0.29) is 29.9 Å². The summed E-state index contributed by atoms with van der Waals surface area (Å²) in [6.45, 7) is 5.64. The summed E-state index contributed by atoms with van der Waals surface area (Å²) < 4.78 is 7.29. The van der Waals surface area contributed by atoms with Crippen LogP contribution in [0, 0.1) is 0 Å². The van der Waals surface area contributed by atoms with E-state index in [1.807, 2.05) is 32.0 Å². The monoisotopic (exact) mass is 498 g/mol. The van der Waals surface area contributed by atoms with Gasteiger partial charge in [0.25, 0.3) is 11.5 Å². The summed E-state index contributed by atoms with van der Waals surface area (Å²) in [5.41, 5.74) is 1.28. The minimum atomic E-state index is -0.307. The molecule has 1 aromatic carbocycles. The van der Waals surface area contributed by atoms with Crippen molar-refractivity contribution in [3.8, 4) is 5.75 Å². The van der Waals surface area contributed by atoms with Crippen LogP contribution in [0.25, 0.3) is 10.9 Å². The Hall–Kier alpha value is -3.33. The van der Waals surface area contributed by atoms with Crippen LogP contribution < -0.4 is 25.8 Å². The number of rotatable bonds is 8. The van der Waals surface area contributed by atoms with Gasteiger partial charge < -0.3 is 24.8 Å². The molecule has 1 amide bonds. The summed E-state index contributed by atoms with van der Waals surface area (Å²) in [5, 5.41) is 7.01. The first-order chi connectivity index (χ1) is 16.9. The van der Waals surface area contributed by atoms with Gasteiger partial charge in [-0.25, -0.2) is 4.98 Å². The first-order valence-electron chi connectivity index (χ1n) is 12.0. The summed E-state index contributed by atoms with van der Waals surface area (Å²) in [7, 11) is 1.52. The largest absolute Gasteiger partial charge is 0.478 e. The van der Waals surface area contributed by atoms with Gasteiger partial charge in [0.1, 0.15) is 5.02 Å². The second kappa shape index (κ2) is 10.9. The van der Waals surface area contributed by atoms with Crippen molar-refractivity contribution in [1.82, 2.24) is 19.9 Å². The van der Waals surface area contributed by atoms with Crippen LogP contribution in [0.2, 0.25) is 5.02 Å². The smallest absolute Gasteiger partial charge is 0.293 e. The summed E-state index contributed by atoms with van der Waals surface area (Å²) in [6, 6.07) is 7.33. The van der Waals surface area contributed by atoms with Crippen LogP contribution >= 0.6 is 11.6 Å². The van der Waals surface area contributed by atoms with Gasteiger partial charge >= 0.3 is 0 Å². The lowest BCUT2D eigenvalue weighted by Crippen LogP contribution is -2.31. The molecule has 2 N–H and O–H groups in total. The highest BCUT2D eigenvalue weighted by Gasteiger charge is 2.18. The molecule has 1 aliphatic rings. The highest BCUT2D eigenvalue weighted by atomic mass is 35.5. The van der Waals surface area contributed by atoms with E-state index in [0.29, 0.717) is 16.8 Å². The van der Waals surface area contributed by atoms with Crippen LogP contribution in [0.15, 0.2) is 35.3 Å². The van der Waals surface area contributed by atoms with Gasteiger partial charge in [0.2, 0.25) is 5.95 Å². The van der Waals surface area contributed by atoms with Crippen molar-refractivity contribution in [2.45, 2.75) is 45.6 Å². The van der Waals surface area contributed by atoms with Gasteiger partial charge in [-0.05, 0) is 56.9 Å². The number of piperidine rings is 1. The molecule has 10 heteroatoms. The number of carbonyl (C=O) groups is 1. The number of fused-ring (bicyclic) bond motifs is 1. The maximum atomic E-state index is 13.1. The van der Waals surface area contributed by atoms with Gasteiger partial charge in [0, 0.05) is 37.3 Å². The number of aromatic nitrogens is 3. The molecule has 0 aliphatic carbocycles. The normalized spacial score (nSPS) is 14.6. The van der Waals surface area contributed by atoms with Gasteiger partial charge in [-0.2, -0.15) is 4.98 Å². The third-order valence-electron chi connectivity index (χ3n) is 6.31. The molecule has 4 rings (SSSR count). The number of ether oxygens (including phenoxy) is 1. The van der Waals surface area contributed by atoms with Crippen LogP contribution in [-0.4, -0.2) is 47.2 Å². The number of hydrogen-bond acceptors (Lipinski definition) is 7. The SMILES string of the molecule is CCC(C)n1c(=O)c(OCC(=O)NC)cc2cc(Nc3nc(N4CCCCC4)ncc3Cl)ccc21. The first kappa shape index (κ1) is 24.8. The van der Waals surface area contributed by atoms with Crippen LogP contribution in [0.1, 0.15) is 45.6 Å². The molecule has 3 aromatic rings. The Morgan fingerprint density at radius 3 is 2.71 bits per heavy atom. The van der Waals surface area contributed by atoms with E-state index >= 15 is 0 Å². The van der Waals surface area contributed by atoms with Crippen LogP contribution in [0.4, 0.5) is 17.5 Å². The second-order valence-corrected chi connectivity index (χ2v) is 9.12. The number of nitrogens with zero attached hydrogens (tertiary/aromatic N) is 4. The lowest BCUT2D eigenvalue weighted by atomic mass is 10.1. The van der Waals surface area contributed by atoms with Gasteiger partial charge in [0.05, 0.1) is 11.7 Å². The molecule has 186 valence electrons. The Labute approximate surface area is 209 Å². The van der Waals surface area contributed by atoms with E-state index in [4.69, 9.17) is 16.3 Å². The zero-order chi connectivity index (χ0) is 24.9. The molecule has 0 bridgehead atoms. The maximum Gasteiger partial charge on any atom is 0.293 e. The zero-order valence-corrected chi connectivity index (χ0v) is 21.1. The summed E-state index contributed by atoms with van der Waals surface area (Å²) in [6.07, 6.45) is 5.86. The van der Waals surface area contributed by atoms with E-state index < -0.39 is 0 Å². The van der Waals surface area contributed by atoms with Crippen LogP contribution in [0.3, 0.4) is 0 Å². The predicted molar refractivity (Wildman–Crippen MR) is 139 cm³/mol. The number of likely N-dealkylation sites (N-methyl/N-ethyl adjacent to an activating group) is 1. The number of carbonyl (C=O) groups excluding carboxylic acids is 1. The first-order valence-corrected chi connectivity index (χ1v) is 12.4. The fourth-order valence-electron chi connectivity index (χ4n) is 4.17. The zero-order valence-electron chi connectivity index (χ0n) is 20.3. The number of hydrogen-bond donors (Lipinski definition) is 2. The standard InChI is InChI=1S/C25H31ClN6O3/c1-4-16(2)32-20-9-8-18(12-17(20)13-21(24(32)34)35-15-22(33)27-3)29-23-19(26)14-28-25(30-23)31-10-6-5-7-11-31/h8-9,12-14,16H,4-7,10-11,15H2,1-3H3,(H,27,33)(H,28,29,30). The molecule has 1 unspecified atom stereocenters. The Bertz CT molecular complexity index is 1270. The minimum Gasteiger partial charge on any atom is -0.478 e. The van der Waals surface area contributed by atoms with Crippen LogP contribution in [0.5, 0.6) is 5.75 Å². The van der Waals surface area contributed by atoms with Gasteiger partial charge in [0.15, 0.2) is 18.2 Å². The fourth-order valence-corrected chi connectivity index (χ4v) is 4.30. The molecule has 1 atom stereocenters. The number of nitrogens with one attached hydrogen (secondary N) is 2.